The summed E-state index contributed by atoms with van der Waals surface area (Å²) < 4.78 is 0. The first-order chi connectivity index (χ1) is 10.2. The molecule has 1 aromatic rings. The largest absolute Gasteiger partial charge is 0.332 e. The number of piperidine rings is 1. The van der Waals surface area contributed by atoms with Crippen molar-refractivity contribution < 1.29 is 9.59 Å². The molecule has 3 rings (SSSR count). The van der Waals surface area contributed by atoms with Crippen molar-refractivity contribution in [3.8, 4) is 6.07 Å². The number of nitrogens with zero attached hydrogens (tertiary/aromatic N) is 3. The van der Waals surface area contributed by atoms with Crippen LogP contribution < -0.4 is 4.90 Å². The van der Waals surface area contributed by atoms with Gasteiger partial charge in [0.2, 0.25) is 0 Å². The molecule has 5 nitrogen and oxygen atoms in total. The van der Waals surface area contributed by atoms with Crippen molar-refractivity contribution >= 4 is 17.6 Å². The van der Waals surface area contributed by atoms with Gasteiger partial charge in [0, 0.05) is 6.54 Å². The van der Waals surface area contributed by atoms with Crippen molar-refractivity contribution in [3.63, 3.8) is 0 Å². The third-order valence-corrected chi connectivity index (χ3v) is 4.49. The van der Waals surface area contributed by atoms with Crippen LogP contribution in [0.4, 0.5) is 10.5 Å². The quantitative estimate of drug-likeness (QED) is 0.783. The third kappa shape index (κ3) is 2.17. The second kappa shape index (κ2) is 5.21. The molecule has 21 heavy (non-hydrogen) atoms. The maximum Gasteiger partial charge on any atom is 0.332 e. The molecule has 0 aliphatic carbocycles. The standard InChI is InChI=1S/C16H17N3O2/c1-2-11-7-8-18-14(9-11)15(20)19(16(18)21)13-5-3-12(10-17)4-6-13/h3-6,11,14H,2,7-9H2,1H3. The molecule has 2 saturated heterocycles. The molecule has 2 unspecified atom stereocenters. The van der Waals surface area contributed by atoms with Crippen LogP contribution in [0.5, 0.6) is 0 Å². The number of carbonyl (C=O) groups excluding carboxylic acids is 2. The van der Waals surface area contributed by atoms with Gasteiger partial charge in [-0.05, 0) is 43.0 Å². The summed E-state index contributed by atoms with van der Waals surface area (Å²) in [6, 6.07) is 8.05. The van der Waals surface area contributed by atoms with Gasteiger partial charge in [0.25, 0.3) is 5.91 Å². The number of imide groups is 1. The molecule has 2 fully saturated rings. The molecule has 0 aromatic heterocycles. The Morgan fingerprint density at radius 2 is 2.00 bits per heavy atom. The Labute approximate surface area is 123 Å². The fraction of sp³-hybridized carbons (Fsp3) is 0.438. The molecule has 1 aromatic carbocycles. The van der Waals surface area contributed by atoms with Crippen LogP contribution in [0.2, 0.25) is 0 Å². The maximum absolute atomic E-state index is 12.6. The number of hydrogen-bond acceptors (Lipinski definition) is 3. The predicted octanol–water partition coefficient (Wildman–Crippen LogP) is 2.52. The van der Waals surface area contributed by atoms with E-state index in [9.17, 15) is 9.59 Å². The van der Waals surface area contributed by atoms with Gasteiger partial charge in [-0.15, -0.1) is 0 Å². The van der Waals surface area contributed by atoms with Crippen molar-refractivity contribution in [2.45, 2.75) is 32.2 Å². The monoisotopic (exact) mass is 283 g/mol. The number of hydrogen-bond donors (Lipinski definition) is 0. The summed E-state index contributed by atoms with van der Waals surface area (Å²) >= 11 is 0. The van der Waals surface area contributed by atoms with Crippen LogP contribution >= 0.6 is 0 Å². The lowest BCUT2D eigenvalue weighted by Gasteiger charge is -2.31. The average molecular weight is 283 g/mol. The summed E-state index contributed by atoms with van der Waals surface area (Å²) in [5.41, 5.74) is 1.06. The lowest BCUT2D eigenvalue weighted by atomic mass is 9.89. The smallest absolute Gasteiger partial charge is 0.312 e. The van der Waals surface area contributed by atoms with Gasteiger partial charge in [0.1, 0.15) is 6.04 Å². The Bertz CT molecular complexity index is 617. The molecule has 0 saturated carbocycles. The molecule has 108 valence electrons. The highest BCUT2D eigenvalue weighted by molar-refractivity contribution is 6.21. The minimum absolute atomic E-state index is 0.136. The Kier molecular flexibility index (Phi) is 3.38. The van der Waals surface area contributed by atoms with Gasteiger partial charge in [-0.2, -0.15) is 5.26 Å². The van der Waals surface area contributed by atoms with Crippen molar-refractivity contribution in [2.24, 2.45) is 5.92 Å². The predicted molar refractivity (Wildman–Crippen MR) is 77.5 cm³/mol. The topological polar surface area (TPSA) is 64.4 Å². The molecule has 3 amide bonds. The lowest BCUT2D eigenvalue weighted by molar-refractivity contribution is -0.120. The summed E-state index contributed by atoms with van der Waals surface area (Å²) in [6.07, 6.45) is 2.77. The Morgan fingerprint density at radius 3 is 2.62 bits per heavy atom. The molecule has 2 aliphatic rings. The number of anilines is 1. The van der Waals surface area contributed by atoms with E-state index in [1.165, 1.54) is 4.90 Å². The normalized spacial score (nSPS) is 25.0. The average Bonchev–Trinajstić information content (AvgIpc) is 2.78. The highest BCUT2D eigenvalue weighted by Crippen LogP contribution is 2.34. The van der Waals surface area contributed by atoms with E-state index in [4.69, 9.17) is 5.26 Å². The lowest BCUT2D eigenvalue weighted by Crippen LogP contribution is -2.42. The second-order valence-electron chi connectivity index (χ2n) is 5.62. The van der Waals surface area contributed by atoms with Crippen molar-refractivity contribution in [1.82, 2.24) is 4.90 Å². The van der Waals surface area contributed by atoms with Gasteiger partial charge < -0.3 is 4.90 Å². The first-order valence-corrected chi connectivity index (χ1v) is 7.30. The minimum atomic E-state index is -0.313. The van der Waals surface area contributed by atoms with Gasteiger partial charge in [0.15, 0.2) is 0 Å². The molecule has 5 heteroatoms. The molecule has 0 radical (unpaired) electrons. The third-order valence-electron chi connectivity index (χ3n) is 4.49. The Balaban J connectivity index is 1.88. The van der Waals surface area contributed by atoms with Gasteiger partial charge >= 0.3 is 6.03 Å². The summed E-state index contributed by atoms with van der Waals surface area (Å²) in [7, 11) is 0. The molecule has 2 aliphatic heterocycles. The first-order valence-electron chi connectivity index (χ1n) is 7.30. The molecule has 0 spiro atoms. The summed E-state index contributed by atoms with van der Waals surface area (Å²) in [5, 5.41) is 8.82. The van der Waals surface area contributed by atoms with E-state index in [1.807, 2.05) is 6.07 Å². The Morgan fingerprint density at radius 1 is 1.29 bits per heavy atom. The van der Waals surface area contributed by atoms with Crippen molar-refractivity contribution in [2.75, 3.05) is 11.4 Å². The van der Waals surface area contributed by atoms with Gasteiger partial charge in [-0.1, -0.05) is 13.3 Å². The van der Waals surface area contributed by atoms with E-state index in [0.29, 0.717) is 23.7 Å². The molecule has 0 N–H and O–H groups in total. The van der Waals surface area contributed by atoms with E-state index in [-0.39, 0.29) is 18.0 Å². The zero-order chi connectivity index (χ0) is 15.0. The number of carbonyl (C=O) groups is 2. The van der Waals surface area contributed by atoms with Crippen LogP contribution in [0, 0.1) is 17.2 Å². The Hall–Kier alpha value is -2.35. The fourth-order valence-corrected chi connectivity index (χ4v) is 3.17. The van der Waals surface area contributed by atoms with E-state index < -0.39 is 0 Å². The summed E-state index contributed by atoms with van der Waals surface area (Å²) in [6.45, 7) is 2.78. The van der Waals surface area contributed by atoms with E-state index in [2.05, 4.69) is 6.92 Å². The van der Waals surface area contributed by atoms with Crippen molar-refractivity contribution in [1.29, 1.82) is 5.26 Å². The van der Waals surface area contributed by atoms with Gasteiger partial charge in [0.05, 0.1) is 17.3 Å². The number of urea groups is 1. The van der Waals surface area contributed by atoms with Crippen LogP contribution in [0.3, 0.4) is 0 Å². The molecular formula is C16H17N3O2. The minimum Gasteiger partial charge on any atom is -0.312 e. The number of nitriles is 1. The van der Waals surface area contributed by atoms with Crippen molar-refractivity contribution in [3.05, 3.63) is 29.8 Å². The molecule has 2 heterocycles. The number of amides is 3. The summed E-state index contributed by atoms with van der Waals surface area (Å²) in [5.74, 6) is 0.381. The van der Waals surface area contributed by atoms with Gasteiger partial charge in [-0.25, -0.2) is 9.69 Å². The highest BCUT2D eigenvalue weighted by atomic mass is 16.2. The van der Waals surface area contributed by atoms with E-state index in [1.54, 1.807) is 29.2 Å². The second-order valence-corrected chi connectivity index (χ2v) is 5.62. The number of benzene rings is 1. The molecular weight excluding hydrogens is 266 g/mol. The van der Waals surface area contributed by atoms with E-state index in [0.717, 1.165) is 19.3 Å². The van der Waals surface area contributed by atoms with Crippen LogP contribution in [0.1, 0.15) is 31.7 Å². The van der Waals surface area contributed by atoms with E-state index >= 15 is 0 Å². The molecule has 0 bridgehead atoms. The number of rotatable bonds is 2. The fourth-order valence-electron chi connectivity index (χ4n) is 3.17. The SMILES string of the molecule is CCC1CCN2C(=O)N(c3ccc(C#N)cc3)C(=O)C2C1. The van der Waals surface area contributed by atoms with Crippen LogP contribution in [0.15, 0.2) is 24.3 Å². The zero-order valence-electron chi connectivity index (χ0n) is 12.0. The van der Waals surface area contributed by atoms with Crippen LogP contribution in [-0.2, 0) is 4.79 Å². The summed E-state index contributed by atoms with van der Waals surface area (Å²) in [4.78, 5) is 28.0. The zero-order valence-corrected chi connectivity index (χ0v) is 12.0. The van der Waals surface area contributed by atoms with Crippen LogP contribution in [-0.4, -0.2) is 29.4 Å². The first kappa shape index (κ1) is 13.6. The van der Waals surface area contributed by atoms with Crippen LogP contribution in [0.25, 0.3) is 0 Å². The molecule has 2 atom stereocenters. The maximum atomic E-state index is 12.6. The van der Waals surface area contributed by atoms with Gasteiger partial charge in [-0.3, -0.25) is 4.79 Å². The number of fused-ring (bicyclic) bond motifs is 1. The highest BCUT2D eigenvalue weighted by Gasteiger charge is 2.48.